The number of piperazine rings is 1. The number of carbonyl (C=O) groups excluding carboxylic acids is 1. The number of benzene rings is 7. The first-order chi connectivity index (χ1) is 70.5. The van der Waals surface area contributed by atoms with Crippen LogP contribution in [0.25, 0.3) is 49.9 Å². The number of halogens is 1. The van der Waals surface area contributed by atoms with E-state index in [-0.39, 0.29) is 52.7 Å². The molecule has 0 amide bonds. The zero-order valence-electron chi connectivity index (χ0n) is 83.6. The molecule has 0 saturated carbocycles. The van der Waals surface area contributed by atoms with Gasteiger partial charge >= 0.3 is 0 Å². The van der Waals surface area contributed by atoms with Crippen molar-refractivity contribution in [3.8, 4) is 46.0 Å². The largest absolute Gasteiger partial charge is 0.497 e. The summed E-state index contributed by atoms with van der Waals surface area (Å²) in [6.07, 6.45) is 15.2. The molecule has 29 nitrogen and oxygen atoms in total. The predicted molar refractivity (Wildman–Crippen MR) is 588 cm³/mol. The van der Waals surface area contributed by atoms with E-state index in [1.54, 1.807) is 31.6 Å². The topological polar surface area (TPSA) is 302 Å². The van der Waals surface area contributed by atoms with Crippen LogP contribution >= 0.6 is 60.6 Å². The van der Waals surface area contributed by atoms with Crippen LogP contribution in [0.2, 0.25) is 0 Å². The molecule has 7 aromatic carbocycles. The van der Waals surface area contributed by atoms with Gasteiger partial charge in [-0.2, -0.15) is 0 Å². The number of pyridine rings is 5. The van der Waals surface area contributed by atoms with Crippen LogP contribution in [0.5, 0.6) is 28.7 Å². The normalized spacial score (nSPS) is 14.5. The number of aromatic nitrogens is 8. The van der Waals surface area contributed by atoms with E-state index in [1.165, 1.54) is 40.6 Å². The number of thiocarbonyl (C=S) groups is 4. The third-order valence-corrected chi connectivity index (χ3v) is 27.5. The summed E-state index contributed by atoms with van der Waals surface area (Å²) in [6, 6.07) is 59.2. The van der Waals surface area contributed by atoms with Gasteiger partial charge < -0.3 is 93.3 Å². The van der Waals surface area contributed by atoms with Gasteiger partial charge in [-0.1, -0.05) is 103 Å². The minimum absolute atomic E-state index is 0.0104. The van der Waals surface area contributed by atoms with Crippen molar-refractivity contribution in [1.82, 2.24) is 79.7 Å². The average Bonchev–Trinajstić information content (AvgIpc) is 1.30. The van der Waals surface area contributed by atoms with Crippen molar-refractivity contribution < 1.29 is 47.1 Å². The molecule has 2 unspecified atom stereocenters. The lowest BCUT2D eigenvalue weighted by Gasteiger charge is -2.36. The summed E-state index contributed by atoms with van der Waals surface area (Å²) in [7, 11) is 5.70. The summed E-state index contributed by atoms with van der Waals surface area (Å²) in [4.78, 5) is 82.5. The quantitative estimate of drug-likeness (QED) is 0.0122. The number of rotatable bonds is 35. The van der Waals surface area contributed by atoms with Crippen molar-refractivity contribution in [3.63, 3.8) is 0 Å². The number of H-pyrrole nitrogens is 3. The van der Waals surface area contributed by atoms with Crippen molar-refractivity contribution in [2.45, 2.75) is 149 Å². The van der Waals surface area contributed by atoms with E-state index >= 15 is 0 Å². The number of nitrogens with zero attached hydrogens (tertiary/aromatic N) is 11. The third kappa shape index (κ3) is 32.4. The van der Waals surface area contributed by atoms with Crippen molar-refractivity contribution in [2.75, 3.05) is 138 Å². The van der Waals surface area contributed by atoms with Gasteiger partial charge in [0.2, 0.25) is 6.79 Å². The summed E-state index contributed by atoms with van der Waals surface area (Å²) < 4.78 is 59.3. The summed E-state index contributed by atoms with van der Waals surface area (Å²) in [6.45, 7) is 25.7. The van der Waals surface area contributed by atoms with Crippen molar-refractivity contribution >= 4 is 125 Å². The number of methoxy groups -OCH3 is 1. The summed E-state index contributed by atoms with van der Waals surface area (Å²) >= 11 is 23.9. The van der Waals surface area contributed by atoms with Crippen LogP contribution in [0.15, 0.2) is 226 Å². The number of Topliss-reactive ketones (excluding diaryl/α,β-unsaturated/α-hetero) is 1. The molecule has 0 bridgehead atoms. The van der Waals surface area contributed by atoms with Gasteiger partial charge in [0.25, 0.3) is 16.7 Å². The molecule has 5 aliphatic rings. The molecule has 18 rings (SSSR count). The van der Waals surface area contributed by atoms with E-state index in [9.17, 15) is 23.6 Å². The van der Waals surface area contributed by atoms with E-state index in [4.69, 9.17) is 86.8 Å². The number of unbranched alkanes of at least 4 members (excludes halogenated alkanes) is 1. The number of ether oxygens (including phenoxy) is 8. The summed E-state index contributed by atoms with van der Waals surface area (Å²) in [5.41, 5.74) is 13.3. The highest BCUT2D eigenvalue weighted by Gasteiger charge is 2.28. The highest BCUT2D eigenvalue weighted by Crippen LogP contribution is 2.36. The van der Waals surface area contributed by atoms with Crippen molar-refractivity contribution in [3.05, 3.63) is 294 Å². The molecule has 2 atom stereocenters. The van der Waals surface area contributed by atoms with Gasteiger partial charge in [0.1, 0.15) is 36.3 Å². The van der Waals surface area contributed by atoms with Gasteiger partial charge in [0.05, 0.1) is 60.9 Å². The second-order valence-electron chi connectivity index (χ2n) is 36.3. The maximum atomic E-state index is 13.1. The Kier molecular flexibility index (Phi) is 41.0. The molecule has 0 spiro atoms. The minimum atomic E-state index is -0.320. The van der Waals surface area contributed by atoms with Gasteiger partial charge in [-0.3, -0.25) is 38.6 Å². The van der Waals surface area contributed by atoms with Gasteiger partial charge in [-0.05, 0) is 291 Å². The molecule has 5 aliphatic heterocycles. The van der Waals surface area contributed by atoms with Gasteiger partial charge in [-0.25, -0.2) is 4.39 Å². The lowest BCUT2D eigenvalue weighted by Crippen LogP contribution is -2.47. The molecule has 13 aromatic rings. The standard InChI is InChI=1S/C25H29N3O2S.C23H19FN4O2S.C23H26N4O2S.C20H28N4O3S.C19H28N2O3S/c1-3-18-8-11-23-19(13-18)14-20(24(29)27-23)15-28(16-22-5-4-12-30-22)25(31)26-21-9-6-17(2)7-10-21;1-30-20-6-4-5-18(14-20)28-22(21-7-2-3-12-25-21)26-27-23(28)31-15-19(29)13-16-8-10-17(24)11-9-16;1-16-6-7-18-11-19(22(28)26-21(18)10-16)15-27(14-17-4-2-8-24-12-17)23(30)25-13-20-5-3-9-29-20;1-4-21-20(28)24(7-5-6-23(2)3)13-15-10-14-11-17-18(27-9-8-26-17)12-16(14)22-19(15)25;1-2-22-12-4-3-5-19(25)21-10-8-20(9-11-21)14-16-6-7-17-18(13-16)24-15-23-17/h6-11,13-14,22H,3-5,12,15-16H2,1-2H3,(H,26,31)(H,27,29);2-12,14H,13,15H2,1H3;2,4,6-8,10-12,20H,3,5,9,13-15H2,1H3,(H,25,30)(H,26,28);10-12H,4-9,13H2,1-3H3,(H,21,28)(H,22,25);6-7,13H,2-5,8-12,14-15H2,1H3. The fourth-order valence-corrected chi connectivity index (χ4v) is 19.0. The smallest absolute Gasteiger partial charge is 0.253 e. The summed E-state index contributed by atoms with van der Waals surface area (Å²) in [5, 5.41) is 23.9. The van der Waals surface area contributed by atoms with E-state index in [2.05, 4.69) is 121 Å². The highest BCUT2D eigenvalue weighted by molar-refractivity contribution is 7.99. The van der Waals surface area contributed by atoms with Crippen molar-refractivity contribution in [2.24, 2.45) is 0 Å². The minimum Gasteiger partial charge on any atom is -0.497 e. The van der Waals surface area contributed by atoms with Crippen LogP contribution in [0.1, 0.15) is 122 Å². The molecule has 6 aromatic heterocycles. The molecule has 145 heavy (non-hydrogen) atoms. The lowest BCUT2D eigenvalue weighted by atomic mass is 10.1. The first-order valence-corrected chi connectivity index (χ1v) is 52.1. The molecule has 6 N–H and O–H groups in total. The number of hydrogen-bond acceptors (Lipinski definition) is 23. The van der Waals surface area contributed by atoms with E-state index < -0.39 is 0 Å². The maximum absolute atomic E-state index is 13.1. The van der Waals surface area contributed by atoms with Gasteiger partial charge in [0, 0.05) is 168 Å². The Bertz CT molecular complexity index is 6670. The number of ketones is 1. The number of anilines is 1. The molecule has 0 radical (unpaired) electrons. The van der Waals surface area contributed by atoms with Crippen LogP contribution in [0.4, 0.5) is 10.1 Å². The Hall–Kier alpha value is -12.7. The first kappa shape index (κ1) is 108. The molecule has 3 fully saturated rings. The highest BCUT2D eigenvalue weighted by atomic mass is 32.2. The van der Waals surface area contributed by atoms with Crippen LogP contribution < -0.4 is 56.3 Å². The van der Waals surface area contributed by atoms with E-state index in [1.807, 2.05) is 183 Å². The molecule has 0 aliphatic carbocycles. The zero-order valence-corrected chi connectivity index (χ0v) is 87.7. The van der Waals surface area contributed by atoms with Crippen LogP contribution in [0.3, 0.4) is 0 Å². The van der Waals surface area contributed by atoms with Crippen LogP contribution in [-0.2, 0) is 64.6 Å². The Morgan fingerprint density at radius 1 is 0.572 bits per heavy atom. The number of aryl methyl sites for hydroxylation is 3. The van der Waals surface area contributed by atoms with E-state index in [0.29, 0.717) is 125 Å². The number of fused-ring (bicyclic) bond motifs is 5. The number of hydrogen-bond donors (Lipinski definition) is 6. The molecule has 35 heteroatoms. The van der Waals surface area contributed by atoms with Gasteiger partial charge in [-0.15, -0.1) is 10.2 Å². The number of thioether (sulfide) groups is 1. The van der Waals surface area contributed by atoms with E-state index in [0.717, 1.165) is 214 Å². The molecular formula is C110H130FN17O12S5. The predicted octanol–water partition coefficient (Wildman–Crippen LogP) is 17.5. The molecule has 11 heterocycles. The average molecular weight is 2060 g/mol. The Labute approximate surface area is 872 Å². The SMILES string of the molecule is CCNC(=S)N(CCCN(C)C)Cc1cc2cc3c(cc2[nH]c1=O)OCCO3.CCOCCCCC(=S)N1CCN(Cc2ccc3c(c2)OCO3)CC1.CCc1ccc2[nH]c(=O)c(CN(CC3CCCO3)C(=S)Nc3ccc(C)cc3)cc2c1.COc1cccc(-n2c(SCC(=O)Cc3ccc(F)cc3)nnc2-c2ccccn2)c1.Cc1ccc2cc(CN(Cc3cccnc3)C(=S)NCC3CCCO3)c(=O)[nH]c2c1. The monoisotopic (exact) mass is 2060 g/mol. The zero-order chi connectivity index (χ0) is 102. The first-order valence-electron chi connectivity index (χ1n) is 49.5. The third-order valence-electron chi connectivity index (χ3n) is 24.9. The Morgan fingerprint density at radius 3 is 1.93 bits per heavy atom. The maximum Gasteiger partial charge on any atom is 0.253 e. The molecular weight excluding hydrogens is 1930 g/mol. The fraction of sp³-hybridized carbons (Fsp3) is 0.382. The number of carbonyl (C=O) groups is 1. The van der Waals surface area contributed by atoms with Crippen molar-refractivity contribution in [1.29, 1.82) is 0 Å². The Morgan fingerprint density at radius 2 is 1.24 bits per heavy atom. The molecule has 764 valence electrons. The summed E-state index contributed by atoms with van der Waals surface area (Å²) in [5.74, 6) is 4.26. The van der Waals surface area contributed by atoms with Crippen LogP contribution in [-0.4, -0.2) is 240 Å². The Balaban J connectivity index is 0.000000144. The van der Waals surface area contributed by atoms with Crippen LogP contribution in [0, 0.1) is 19.7 Å². The number of nitrogens with one attached hydrogen (secondary N) is 6. The molecule has 3 saturated heterocycles. The second-order valence-corrected chi connectivity index (χ2v) is 38.8. The lowest BCUT2D eigenvalue weighted by molar-refractivity contribution is -0.116. The number of aromatic amines is 3. The second kappa shape index (κ2) is 55.0. The fourth-order valence-electron chi connectivity index (χ4n) is 17.1. The van der Waals surface area contributed by atoms with Gasteiger partial charge in [0.15, 0.2) is 49.3 Å².